The summed E-state index contributed by atoms with van der Waals surface area (Å²) in [7, 11) is 1.87. The van der Waals surface area contributed by atoms with Crippen molar-refractivity contribution in [3.63, 3.8) is 0 Å². The molecule has 0 aliphatic carbocycles. The molecule has 40 heavy (non-hydrogen) atoms. The number of hydrogen-bond donors (Lipinski definition) is 1. The number of carbonyl (C=O) groups excluding carboxylic acids is 1. The summed E-state index contributed by atoms with van der Waals surface area (Å²) in [5.41, 5.74) is 11.0. The van der Waals surface area contributed by atoms with Crippen LogP contribution in [0.3, 0.4) is 0 Å². The van der Waals surface area contributed by atoms with E-state index in [-0.39, 0.29) is 5.91 Å². The minimum atomic E-state index is 0.114. The summed E-state index contributed by atoms with van der Waals surface area (Å²) < 4.78 is 9.82. The Morgan fingerprint density at radius 1 is 1.07 bits per heavy atom. The highest BCUT2D eigenvalue weighted by molar-refractivity contribution is 6.00. The molecular formula is C29H25N9O2. The van der Waals surface area contributed by atoms with Gasteiger partial charge in [-0.25, -0.2) is 15.0 Å². The predicted molar refractivity (Wildman–Crippen MR) is 151 cm³/mol. The SMILES string of the molecule is Cn1ccc(-c2cn(-c3cncc(COc4ccc5ccc(N6CCCC6=O)nc5c4)c3)c3ncnc(N)c23)n1. The van der Waals surface area contributed by atoms with Gasteiger partial charge in [-0.15, -0.1) is 0 Å². The quantitative estimate of drug-likeness (QED) is 0.341. The zero-order chi connectivity index (χ0) is 27.2. The van der Waals surface area contributed by atoms with Gasteiger partial charge in [-0.2, -0.15) is 5.10 Å². The van der Waals surface area contributed by atoms with Crippen molar-refractivity contribution in [1.29, 1.82) is 0 Å². The highest BCUT2D eigenvalue weighted by Crippen LogP contribution is 2.33. The molecule has 198 valence electrons. The van der Waals surface area contributed by atoms with Crippen LogP contribution in [-0.2, 0) is 18.4 Å². The van der Waals surface area contributed by atoms with Crippen LogP contribution in [-0.4, -0.2) is 46.7 Å². The minimum absolute atomic E-state index is 0.114. The van der Waals surface area contributed by atoms with Crippen LogP contribution in [0, 0.1) is 0 Å². The molecule has 0 spiro atoms. The van der Waals surface area contributed by atoms with Gasteiger partial charge in [0.15, 0.2) is 5.65 Å². The van der Waals surface area contributed by atoms with Gasteiger partial charge >= 0.3 is 0 Å². The lowest BCUT2D eigenvalue weighted by Gasteiger charge is -2.15. The molecule has 11 nitrogen and oxygen atoms in total. The number of carbonyl (C=O) groups is 1. The normalized spacial score (nSPS) is 13.5. The Balaban J connectivity index is 1.17. The molecule has 1 fully saturated rings. The highest BCUT2D eigenvalue weighted by atomic mass is 16.5. The number of benzene rings is 1. The number of rotatable bonds is 6. The van der Waals surface area contributed by atoms with Crippen LogP contribution in [0.5, 0.6) is 5.75 Å². The Bertz CT molecular complexity index is 1910. The smallest absolute Gasteiger partial charge is 0.228 e. The summed E-state index contributed by atoms with van der Waals surface area (Å²) in [6.07, 6.45) is 10.3. The first-order chi connectivity index (χ1) is 19.5. The van der Waals surface area contributed by atoms with E-state index in [0.29, 0.717) is 42.6 Å². The molecule has 0 atom stereocenters. The number of nitrogens with zero attached hydrogens (tertiary/aromatic N) is 8. The molecule has 0 unspecified atom stereocenters. The van der Waals surface area contributed by atoms with E-state index in [9.17, 15) is 4.79 Å². The lowest BCUT2D eigenvalue weighted by atomic mass is 10.2. The second-order valence-electron chi connectivity index (χ2n) is 9.76. The van der Waals surface area contributed by atoms with E-state index < -0.39 is 0 Å². The number of fused-ring (bicyclic) bond motifs is 2. The van der Waals surface area contributed by atoms with Crippen molar-refractivity contribution in [3.8, 4) is 22.7 Å². The van der Waals surface area contributed by atoms with E-state index in [4.69, 9.17) is 15.5 Å². The first kappa shape index (κ1) is 23.8. The number of nitrogens with two attached hydrogens (primary N) is 1. The van der Waals surface area contributed by atoms with Crippen LogP contribution in [0.25, 0.3) is 38.9 Å². The summed E-state index contributed by atoms with van der Waals surface area (Å²) in [5, 5.41) is 6.26. The monoisotopic (exact) mass is 531 g/mol. The lowest BCUT2D eigenvalue weighted by molar-refractivity contribution is -0.117. The molecule has 1 aromatic carbocycles. The van der Waals surface area contributed by atoms with E-state index >= 15 is 0 Å². The fraction of sp³-hybridized carbons (Fsp3) is 0.172. The second kappa shape index (κ2) is 9.45. The number of amides is 1. The number of nitrogen functional groups attached to an aromatic ring is 1. The number of anilines is 2. The van der Waals surface area contributed by atoms with Gasteiger partial charge in [0.2, 0.25) is 5.91 Å². The summed E-state index contributed by atoms with van der Waals surface area (Å²) in [6, 6.07) is 13.6. The molecule has 11 heteroatoms. The van der Waals surface area contributed by atoms with Gasteiger partial charge in [-0.1, -0.05) is 0 Å². The average Bonchev–Trinajstić information content (AvgIpc) is 3.70. The van der Waals surface area contributed by atoms with E-state index in [1.807, 2.05) is 66.5 Å². The molecule has 2 N–H and O–H groups in total. The van der Waals surface area contributed by atoms with Gasteiger partial charge in [0, 0.05) is 61.2 Å². The Labute approximate surface area is 228 Å². The second-order valence-corrected chi connectivity index (χ2v) is 9.76. The highest BCUT2D eigenvalue weighted by Gasteiger charge is 2.23. The Morgan fingerprint density at radius 3 is 2.80 bits per heavy atom. The fourth-order valence-electron chi connectivity index (χ4n) is 5.10. The van der Waals surface area contributed by atoms with Gasteiger partial charge in [-0.3, -0.25) is 23.9 Å². The molecule has 1 aliphatic rings. The van der Waals surface area contributed by atoms with Crippen LogP contribution in [0.15, 0.2) is 73.6 Å². The average molecular weight is 532 g/mol. The maximum atomic E-state index is 12.2. The van der Waals surface area contributed by atoms with Gasteiger partial charge < -0.3 is 10.5 Å². The van der Waals surface area contributed by atoms with Gasteiger partial charge in [-0.05, 0) is 42.8 Å². The Kier molecular flexibility index (Phi) is 5.62. The van der Waals surface area contributed by atoms with Crippen molar-refractivity contribution in [2.75, 3.05) is 17.2 Å². The van der Waals surface area contributed by atoms with Crippen molar-refractivity contribution >= 4 is 39.5 Å². The molecule has 0 radical (unpaired) electrons. The number of ether oxygens (including phenoxy) is 1. The molecule has 6 aromatic rings. The van der Waals surface area contributed by atoms with Crippen LogP contribution in [0.4, 0.5) is 11.6 Å². The van der Waals surface area contributed by atoms with Crippen LogP contribution in [0.1, 0.15) is 18.4 Å². The Hall–Kier alpha value is -5.32. The summed E-state index contributed by atoms with van der Waals surface area (Å²) in [4.78, 5) is 31.8. The van der Waals surface area contributed by atoms with Crippen molar-refractivity contribution in [2.45, 2.75) is 19.4 Å². The molecular weight excluding hydrogens is 506 g/mol. The minimum Gasteiger partial charge on any atom is -0.489 e. The zero-order valence-corrected chi connectivity index (χ0v) is 21.7. The maximum absolute atomic E-state index is 12.2. The van der Waals surface area contributed by atoms with Crippen molar-refractivity contribution in [1.82, 2.24) is 34.3 Å². The third-order valence-corrected chi connectivity index (χ3v) is 7.06. The summed E-state index contributed by atoms with van der Waals surface area (Å²) in [5.74, 6) is 1.86. The van der Waals surface area contributed by atoms with Crippen LogP contribution >= 0.6 is 0 Å². The lowest BCUT2D eigenvalue weighted by Crippen LogP contribution is -2.24. The molecule has 1 aliphatic heterocycles. The van der Waals surface area contributed by atoms with Gasteiger partial charge in [0.1, 0.15) is 30.3 Å². The van der Waals surface area contributed by atoms with Crippen LogP contribution < -0.4 is 15.4 Å². The van der Waals surface area contributed by atoms with Gasteiger partial charge in [0.05, 0.1) is 28.5 Å². The maximum Gasteiger partial charge on any atom is 0.228 e. The number of aromatic nitrogens is 7. The standard InChI is InChI=1S/C29H25N9O2/c1-36-10-8-23(35-36)22-15-38(29-27(22)28(30)32-17-33-29)20-11-18(13-31-14-20)16-40-21-6-4-19-5-7-25(34-24(19)12-21)37-9-2-3-26(37)39/h4-8,10-15,17H,2-3,9,16H2,1H3,(H2,30,32,33). The third-order valence-electron chi connectivity index (χ3n) is 7.06. The van der Waals surface area contributed by atoms with Gasteiger partial charge in [0.25, 0.3) is 0 Å². The van der Waals surface area contributed by atoms with E-state index in [2.05, 4.69) is 20.1 Å². The largest absolute Gasteiger partial charge is 0.489 e. The molecule has 7 rings (SSSR count). The number of hydrogen-bond acceptors (Lipinski definition) is 8. The molecule has 6 heterocycles. The number of aryl methyl sites for hydroxylation is 1. The van der Waals surface area contributed by atoms with Crippen molar-refractivity contribution in [3.05, 3.63) is 79.1 Å². The molecule has 1 saturated heterocycles. The Morgan fingerprint density at radius 2 is 1.98 bits per heavy atom. The molecule has 1 amide bonds. The van der Waals surface area contributed by atoms with E-state index in [1.165, 1.54) is 6.33 Å². The predicted octanol–water partition coefficient (Wildman–Crippen LogP) is 4.05. The fourth-order valence-corrected chi connectivity index (χ4v) is 5.10. The first-order valence-corrected chi connectivity index (χ1v) is 12.9. The van der Waals surface area contributed by atoms with E-state index in [1.54, 1.807) is 22.0 Å². The first-order valence-electron chi connectivity index (χ1n) is 12.9. The summed E-state index contributed by atoms with van der Waals surface area (Å²) >= 11 is 0. The third kappa shape index (κ3) is 4.17. The topological polar surface area (TPSA) is 130 Å². The summed E-state index contributed by atoms with van der Waals surface area (Å²) in [6.45, 7) is 1.01. The zero-order valence-electron chi connectivity index (χ0n) is 21.7. The van der Waals surface area contributed by atoms with Crippen molar-refractivity contribution < 1.29 is 9.53 Å². The molecule has 0 saturated carbocycles. The molecule has 0 bridgehead atoms. The number of pyridine rings is 2. The van der Waals surface area contributed by atoms with Crippen LogP contribution in [0.2, 0.25) is 0 Å². The molecule has 5 aromatic heterocycles. The van der Waals surface area contributed by atoms with Crippen molar-refractivity contribution in [2.24, 2.45) is 7.05 Å². The van der Waals surface area contributed by atoms with E-state index in [0.717, 1.165) is 45.2 Å².